The van der Waals surface area contributed by atoms with E-state index >= 15 is 0 Å². The molecular weight excluding hydrogens is 420 g/mol. The third kappa shape index (κ3) is 4.87. The van der Waals surface area contributed by atoms with Gasteiger partial charge in [0.1, 0.15) is 17.2 Å². The SMILES string of the molecule is COc1ccc(NC(=O)[C@@H]2CN(S(C)(=O)=O)c3cc(C(C)(C)C)ccc3O2)c(OC)c1. The number of nitrogens with zero attached hydrogens (tertiary/aromatic N) is 1. The van der Waals surface area contributed by atoms with E-state index in [9.17, 15) is 13.2 Å². The lowest BCUT2D eigenvalue weighted by Crippen LogP contribution is -2.48. The molecule has 1 aliphatic rings. The van der Waals surface area contributed by atoms with Gasteiger partial charge in [-0.15, -0.1) is 0 Å². The van der Waals surface area contributed by atoms with Crippen molar-refractivity contribution in [2.45, 2.75) is 32.3 Å². The minimum Gasteiger partial charge on any atom is -0.497 e. The smallest absolute Gasteiger partial charge is 0.267 e. The Kier molecular flexibility index (Phi) is 6.09. The molecule has 0 spiro atoms. The average molecular weight is 449 g/mol. The zero-order valence-corrected chi connectivity index (χ0v) is 19.4. The summed E-state index contributed by atoms with van der Waals surface area (Å²) in [4.78, 5) is 13.0. The van der Waals surface area contributed by atoms with Crippen LogP contribution in [0.2, 0.25) is 0 Å². The van der Waals surface area contributed by atoms with Crippen molar-refractivity contribution < 1.29 is 27.4 Å². The first-order valence-corrected chi connectivity index (χ1v) is 11.6. The number of rotatable bonds is 5. The average Bonchev–Trinajstić information content (AvgIpc) is 2.71. The summed E-state index contributed by atoms with van der Waals surface area (Å²) >= 11 is 0. The molecule has 2 aromatic rings. The Morgan fingerprint density at radius 1 is 1.13 bits per heavy atom. The number of fused-ring (bicyclic) bond motifs is 1. The number of hydrogen-bond acceptors (Lipinski definition) is 6. The molecule has 0 aliphatic carbocycles. The molecule has 8 nitrogen and oxygen atoms in total. The van der Waals surface area contributed by atoms with Crippen LogP contribution >= 0.6 is 0 Å². The summed E-state index contributed by atoms with van der Waals surface area (Å²) in [5.41, 5.74) is 1.66. The van der Waals surface area contributed by atoms with Gasteiger partial charge in [-0.2, -0.15) is 0 Å². The highest BCUT2D eigenvalue weighted by Crippen LogP contribution is 2.39. The van der Waals surface area contributed by atoms with E-state index in [1.54, 1.807) is 30.3 Å². The number of anilines is 2. The molecule has 31 heavy (non-hydrogen) atoms. The molecule has 1 amide bonds. The summed E-state index contributed by atoms with van der Waals surface area (Å²) in [6.07, 6.45) is 0.0855. The van der Waals surface area contributed by atoms with Crippen LogP contribution in [0.15, 0.2) is 36.4 Å². The van der Waals surface area contributed by atoms with Gasteiger partial charge in [-0.25, -0.2) is 8.42 Å². The summed E-state index contributed by atoms with van der Waals surface area (Å²) in [6.45, 7) is 5.99. The summed E-state index contributed by atoms with van der Waals surface area (Å²) in [5, 5.41) is 2.75. The Hall–Kier alpha value is -2.94. The number of methoxy groups -OCH3 is 2. The molecule has 0 saturated carbocycles. The van der Waals surface area contributed by atoms with E-state index in [2.05, 4.69) is 5.32 Å². The lowest BCUT2D eigenvalue weighted by atomic mass is 9.86. The molecule has 0 fully saturated rings. The first-order valence-electron chi connectivity index (χ1n) is 9.76. The second kappa shape index (κ2) is 8.30. The van der Waals surface area contributed by atoms with E-state index in [1.165, 1.54) is 18.5 Å². The molecule has 0 saturated heterocycles. The third-order valence-electron chi connectivity index (χ3n) is 5.05. The monoisotopic (exact) mass is 448 g/mol. The molecule has 0 aromatic heterocycles. The van der Waals surface area contributed by atoms with E-state index in [1.807, 2.05) is 26.8 Å². The van der Waals surface area contributed by atoms with Crippen molar-refractivity contribution in [3.05, 3.63) is 42.0 Å². The van der Waals surface area contributed by atoms with Crippen molar-refractivity contribution in [3.63, 3.8) is 0 Å². The normalized spacial score (nSPS) is 16.2. The number of sulfonamides is 1. The Balaban J connectivity index is 1.92. The van der Waals surface area contributed by atoms with Crippen molar-refractivity contribution >= 4 is 27.3 Å². The van der Waals surface area contributed by atoms with Gasteiger partial charge < -0.3 is 19.5 Å². The number of carbonyl (C=O) groups excluding carboxylic acids is 1. The minimum absolute atomic E-state index is 0.135. The Morgan fingerprint density at radius 2 is 1.84 bits per heavy atom. The van der Waals surface area contributed by atoms with Crippen molar-refractivity contribution in [2.24, 2.45) is 0 Å². The van der Waals surface area contributed by atoms with Gasteiger partial charge in [0.15, 0.2) is 6.10 Å². The highest BCUT2D eigenvalue weighted by atomic mass is 32.2. The van der Waals surface area contributed by atoms with E-state index in [0.29, 0.717) is 28.6 Å². The van der Waals surface area contributed by atoms with Gasteiger partial charge in [0.05, 0.1) is 38.4 Å². The lowest BCUT2D eigenvalue weighted by Gasteiger charge is -2.35. The van der Waals surface area contributed by atoms with Crippen LogP contribution in [0.4, 0.5) is 11.4 Å². The van der Waals surface area contributed by atoms with Gasteiger partial charge in [-0.1, -0.05) is 26.8 Å². The first-order chi connectivity index (χ1) is 14.4. The molecule has 1 N–H and O–H groups in total. The predicted molar refractivity (Wildman–Crippen MR) is 120 cm³/mol. The van der Waals surface area contributed by atoms with Crippen molar-refractivity contribution in [1.82, 2.24) is 0 Å². The Bertz CT molecular complexity index is 1090. The number of ether oxygens (including phenoxy) is 3. The number of benzene rings is 2. The van der Waals surface area contributed by atoms with E-state index in [4.69, 9.17) is 14.2 Å². The van der Waals surface area contributed by atoms with Gasteiger partial charge in [0.2, 0.25) is 10.0 Å². The molecule has 2 aromatic carbocycles. The van der Waals surface area contributed by atoms with Crippen LogP contribution in [0.25, 0.3) is 0 Å². The van der Waals surface area contributed by atoms with Crippen molar-refractivity contribution in [2.75, 3.05) is 36.6 Å². The van der Waals surface area contributed by atoms with Crippen LogP contribution in [0, 0.1) is 0 Å². The van der Waals surface area contributed by atoms with Crippen LogP contribution in [0.5, 0.6) is 17.2 Å². The maximum absolute atomic E-state index is 13.0. The zero-order chi connectivity index (χ0) is 23.0. The van der Waals surface area contributed by atoms with Gasteiger partial charge in [-0.05, 0) is 35.2 Å². The molecule has 0 radical (unpaired) electrons. The molecule has 0 bridgehead atoms. The molecule has 1 heterocycles. The number of nitrogens with one attached hydrogen (secondary N) is 1. The quantitative estimate of drug-likeness (QED) is 0.755. The maximum atomic E-state index is 13.0. The topological polar surface area (TPSA) is 94.2 Å². The summed E-state index contributed by atoms with van der Waals surface area (Å²) in [6, 6.07) is 10.4. The van der Waals surface area contributed by atoms with Crippen molar-refractivity contribution in [1.29, 1.82) is 0 Å². The fraction of sp³-hybridized carbons (Fsp3) is 0.409. The number of carbonyl (C=O) groups is 1. The number of hydrogen-bond donors (Lipinski definition) is 1. The van der Waals surface area contributed by atoms with Crippen LogP contribution in [0.1, 0.15) is 26.3 Å². The first kappa shape index (κ1) is 22.7. The number of amides is 1. The maximum Gasteiger partial charge on any atom is 0.267 e. The van der Waals surface area contributed by atoms with Gasteiger partial charge in [-0.3, -0.25) is 9.10 Å². The second-order valence-electron chi connectivity index (χ2n) is 8.39. The highest BCUT2D eigenvalue weighted by molar-refractivity contribution is 7.92. The van der Waals surface area contributed by atoms with Gasteiger partial charge in [0.25, 0.3) is 5.91 Å². The largest absolute Gasteiger partial charge is 0.497 e. The fourth-order valence-corrected chi connectivity index (χ4v) is 4.19. The Morgan fingerprint density at radius 3 is 2.42 bits per heavy atom. The molecular formula is C22H28N2O6S. The molecule has 1 atom stereocenters. The summed E-state index contributed by atoms with van der Waals surface area (Å²) in [5.74, 6) is 0.850. The molecule has 0 unspecified atom stereocenters. The predicted octanol–water partition coefficient (Wildman–Crippen LogP) is 3.17. The summed E-state index contributed by atoms with van der Waals surface area (Å²) < 4.78 is 42.6. The van der Waals surface area contributed by atoms with E-state index in [0.717, 1.165) is 11.8 Å². The molecule has 168 valence electrons. The highest BCUT2D eigenvalue weighted by Gasteiger charge is 2.36. The van der Waals surface area contributed by atoms with E-state index < -0.39 is 22.0 Å². The zero-order valence-electron chi connectivity index (χ0n) is 18.6. The van der Waals surface area contributed by atoms with Crippen molar-refractivity contribution in [3.8, 4) is 17.2 Å². The molecule has 3 rings (SSSR count). The summed E-state index contributed by atoms with van der Waals surface area (Å²) in [7, 11) is -0.615. The van der Waals surface area contributed by atoms with Gasteiger partial charge >= 0.3 is 0 Å². The standard InChI is InChI=1S/C22H28N2O6S/c1-22(2,3)14-7-10-18-17(11-14)24(31(6,26)27)13-20(30-18)21(25)23-16-9-8-15(28-4)12-19(16)29-5/h7-12,20H,13H2,1-6H3,(H,23,25)/t20-/m0/s1. The van der Waals surface area contributed by atoms with Crippen LogP contribution in [-0.2, 0) is 20.2 Å². The molecule has 9 heteroatoms. The second-order valence-corrected chi connectivity index (χ2v) is 10.3. The Labute approximate surface area is 183 Å². The van der Waals surface area contributed by atoms with Crippen LogP contribution in [-0.4, -0.2) is 47.4 Å². The fourth-order valence-electron chi connectivity index (χ4n) is 3.28. The van der Waals surface area contributed by atoms with Crippen LogP contribution < -0.4 is 23.8 Å². The van der Waals surface area contributed by atoms with E-state index in [-0.39, 0.29) is 12.0 Å². The van der Waals surface area contributed by atoms with Crippen LogP contribution in [0.3, 0.4) is 0 Å². The molecule has 1 aliphatic heterocycles. The third-order valence-corrected chi connectivity index (χ3v) is 6.20. The minimum atomic E-state index is -3.63. The van der Waals surface area contributed by atoms with Gasteiger partial charge in [0, 0.05) is 6.07 Å². The lowest BCUT2D eigenvalue weighted by molar-refractivity contribution is -0.122.